The number of rotatable bonds is 4. The molecule has 0 aliphatic rings. The van der Waals surface area contributed by atoms with E-state index >= 15 is 0 Å². The number of nitrogens with zero attached hydrogens (tertiary/aromatic N) is 2. The Kier molecular flexibility index (Phi) is 8.31. The van der Waals surface area contributed by atoms with E-state index in [0.29, 0.717) is 11.8 Å². The van der Waals surface area contributed by atoms with Crippen molar-refractivity contribution in [2.24, 2.45) is 0 Å². The number of aldehydes is 1. The van der Waals surface area contributed by atoms with E-state index in [4.69, 9.17) is 24.5 Å². The van der Waals surface area contributed by atoms with Crippen molar-refractivity contribution in [1.29, 1.82) is 0 Å². The summed E-state index contributed by atoms with van der Waals surface area (Å²) >= 11 is 0. The minimum Gasteiger partial charge on any atom is -0.540 e. The SMILES string of the molecule is COc1c[c-]c2c(c1)c1cc(OC)ccc1c1nc(-c3ccccc3)cnc21.O=Cc1ccccc1O.[Ir]. The first-order valence-corrected chi connectivity index (χ1v) is 11.6. The number of carbonyl (C=O) groups excluding carboxylic acids is 1. The predicted molar refractivity (Wildman–Crippen MR) is 145 cm³/mol. The monoisotopic (exact) mass is 680 g/mol. The van der Waals surface area contributed by atoms with Crippen molar-refractivity contribution >= 4 is 38.9 Å². The molecule has 6 nitrogen and oxygen atoms in total. The smallest absolute Gasteiger partial charge is 0.153 e. The van der Waals surface area contributed by atoms with Crippen LogP contribution in [0.4, 0.5) is 0 Å². The molecule has 1 heterocycles. The fourth-order valence-electron chi connectivity index (χ4n) is 4.18. The molecule has 1 aromatic heterocycles. The van der Waals surface area contributed by atoms with Crippen LogP contribution in [0.25, 0.3) is 43.8 Å². The number of phenolic OH excluding ortho intramolecular Hbond substituents is 1. The van der Waals surface area contributed by atoms with Crippen molar-refractivity contribution < 1.29 is 39.5 Å². The second-order valence-corrected chi connectivity index (χ2v) is 8.23. The molecule has 1 radical (unpaired) electrons. The van der Waals surface area contributed by atoms with Gasteiger partial charge in [-0.1, -0.05) is 60.0 Å². The zero-order chi connectivity index (χ0) is 25.8. The van der Waals surface area contributed by atoms with Gasteiger partial charge in [-0.25, -0.2) is 0 Å². The molecular weight excluding hydrogens is 657 g/mol. The van der Waals surface area contributed by atoms with Crippen LogP contribution < -0.4 is 9.47 Å². The molecule has 7 heteroatoms. The number of fused-ring (bicyclic) bond motifs is 6. The molecule has 38 heavy (non-hydrogen) atoms. The van der Waals surface area contributed by atoms with Crippen LogP contribution in [0.3, 0.4) is 0 Å². The van der Waals surface area contributed by atoms with Crippen LogP contribution in [0.1, 0.15) is 10.4 Å². The fraction of sp³-hybridized carbons (Fsp3) is 0.0645. The van der Waals surface area contributed by atoms with E-state index < -0.39 is 0 Å². The van der Waals surface area contributed by atoms with Gasteiger partial charge in [0.15, 0.2) is 6.29 Å². The molecule has 191 valence electrons. The average Bonchev–Trinajstić information content (AvgIpc) is 2.97. The Morgan fingerprint density at radius 2 is 1.53 bits per heavy atom. The number of phenols is 1. The van der Waals surface area contributed by atoms with E-state index in [0.717, 1.165) is 55.3 Å². The van der Waals surface area contributed by atoms with Crippen LogP contribution >= 0.6 is 0 Å². The second-order valence-electron chi connectivity index (χ2n) is 8.23. The topological polar surface area (TPSA) is 81.5 Å². The Labute approximate surface area is 233 Å². The Hall–Kier alpha value is -4.32. The number of hydrogen-bond acceptors (Lipinski definition) is 6. The number of benzene rings is 5. The maximum Gasteiger partial charge on any atom is 0.153 e. The number of para-hydroxylation sites is 1. The summed E-state index contributed by atoms with van der Waals surface area (Å²) in [4.78, 5) is 19.8. The second kappa shape index (κ2) is 11.8. The van der Waals surface area contributed by atoms with Gasteiger partial charge in [0.25, 0.3) is 0 Å². The third kappa shape index (κ3) is 5.21. The van der Waals surface area contributed by atoms with Gasteiger partial charge >= 0.3 is 0 Å². The molecule has 0 atom stereocenters. The summed E-state index contributed by atoms with van der Waals surface area (Å²) in [7, 11) is 3.33. The Morgan fingerprint density at radius 3 is 2.21 bits per heavy atom. The molecule has 0 unspecified atom stereocenters. The Balaban J connectivity index is 0.000000288. The third-order valence-electron chi connectivity index (χ3n) is 6.07. The normalized spacial score (nSPS) is 10.4. The summed E-state index contributed by atoms with van der Waals surface area (Å²) in [6, 6.07) is 29.7. The van der Waals surface area contributed by atoms with Crippen LogP contribution in [0.15, 0.2) is 91.1 Å². The maximum atomic E-state index is 10.1. The van der Waals surface area contributed by atoms with Crippen molar-refractivity contribution in [3.8, 4) is 28.5 Å². The summed E-state index contributed by atoms with van der Waals surface area (Å²) in [5, 5.41) is 12.9. The van der Waals surface area contributed by atoms with Gasteiger partial charge in [0, 0.05) is 43.1 Å². The number of carbonyl (C=O) groups is 1. The predicted octanol–water partition coefficient (Wildman–Crippen LogP) is 6.62. The first-order valence-electron chi connectivity index (χ1n) is 11.6. The van der Waals surface area contributed by atoms with Crippen molar-refractivity contribution in [2.45, 2.75) is 0 Å². The Bertz CT molecular complexity index is 1740. The molecule has 1 N–H and O–H groups in total. The quantitative estimate of drug-likeness (QED) is 0.128. The molecular formula is C31H23IrN2O4-. The fourth-order valence-corrected chi connectivity index (χ4v) is 4.18. The third-order valence-corrected chi connectivity index (χ3v) is 6.07. The molecule has 0 amide bonds. The first kappa shape index (κ1) is 26.7. The van der Waals surface area contributed by atoms with Crippen molar-refractivity contribution in [1.82, 2.24) is 9.97 Å². The molecule has 6 aromatic rings. The molecule has 0 aliphatic heterocycles. The number of aromatic nitrogens is 2. The van der Waals surface area contributed by atoms with Gasteiger partial charge in [0.05, 0.1) is 31.0 Å². The molecule has 0 spiro atoms. The van der Waals surface area contributed by atoms with E-state index in [9.17, 15) is 4.79 Å². The minimum absolute atomic E-state index is 0. The Morgan fingerprint density at radius 1 is 0.816 bits per heavy atom. The van der Waals surface area contributed by atoms with Gasteiger partial charge in [-0.15, -0.1) is 17.5 Å². The van der Waals surface area contributed by atoms with E-state index in [1.807, 2.05) is 66.9 Å². The molecule has 0 saturated heterocycles. The van der Waals surface area contributed by atoms with Crippen molar-refractivity contribution in [2.75, 3.05) is 14.2 Å². The van der Waals surface area contributed by atoms with Gasteiger partial charge in [-0.2, -0.15) is 0 Å². The maximum absolute atomic E-state index is 10.1. The molecule has 0 bridgehead atoms. The number of aromatic hydroxyl groups is 1. The standard InChI is InChI=1S/C24H17N2O2.C7H6O2.Ir/c1-27-16-8-10-18-20(12-16)21-13-17(28-2)9-11-19(21)24-23(18)25-14-22(26-24)15-6-4-3-5-7-15;8-5-6-3-1-2-4-7(6)9;/h3-9,11-14H,1-2H3;1-5,9H;/q-1;;. The van der Waals surface area contributed by atoms with Crippen LogP contribution in [-0.2, 0) is 20.1 Å². The molecule has 0 fully saturated rings. The van der Waals surface area contributed by atoms with E-state index in [-0.39, 0.29) is 25.9 Å². The van der Waals surface area contributed by atoms with Gasteiger partial charge < -0.3 is 19.6 Å². The number of ether oxygens (including phenoxy) is 2. The molecule has 5 aromatic carbocycles. The first-order chi connectivity index (χ1) is 18.1. The van der Waals surface area contributed by atoms with E-state index in [1.165, 1.54) is 6.07 Å². The van der Waals surface area contributed by atoms with Crippen LogP contribution in [0.2, 0.25) is 0 Å². The van der Waals surface area contributed by atoms with Gasteiger partial charge in [-0.05, 0) is 35.0 Å². The van der Waals surface area contributed by atoms with Crippen molar-refractivity contribution in [3.63, 3.8) is 0 Å². The van der Waals surface area contributed by atoms with E-state index in [2.05, 4.69) is 6.07 Å². The largest absolute Gasteiger partial charge is 0.540 e. The van der Waals surface area contributed by atoms with Gasteiger partial charge in [0.2, 0.25) is 0 Å². The van der Waals surface area contributed by atoms with Gasteiger partial charge in [0.1, 0.15) is 11.5 Å². The van der Waals surface area contributed by atoms with Crippen LogP contribution in [0, 0.1) is 6.07 Å². The summed E-state index contributed by atoms with van der Waals surface area (Å²) in [6.45, 7) is 0. The van der Waals surface area contributed by atoms with Crippen LogP contribution in [0.5, 0.6) is 17.2 Å². The summed E-state index contributed by atoms with van der Waals surface area (Å²) in [5.74, 6) is 1.58. The number of hydrogen-bond donors (Lipinski definition) is 1. The molecule has 0 saturated carbocycles. The van der Waals surface area contributed by atoms with Gasteiger partial charge in [-0.3, -0.25) is 9.78 Å². The minimum atomic E-state index is 0. The number of methoxy groups -OCH3 is 2. The summed E-state index contributed by atoms with van der Waals surface area (Å²) < 4.78 is 10.9. The zero-order valence-electron chi connectivity index (χ0n) is 20.6. The van der Waals surface area contributed by atoms with Crippen molar-refractivity contribution in [3.05, 3.63) is 103 Å². The zero-order valence-corrected chi connectivity index (χ0v) is 23.0. The summed E-state index contributed by atoms with van der Waals surface area (Å²) in [6.07, 6.45) is 2.44. The van der Waals surface area contributed by atoms with E-state index in [1.54, 1.807) is 32.4 Å². The molecule has 0 aliphatic carbocycles. The summed E-state index contributed by atoms with van der Waals surface area (Å²) in [5.41, 5.74) is 3.90. The van der Waals surface area contributed by atoms with Crippen LogP contribution in [-0.4, -0.2) is 35.6 Å². The average molecular weight is 680 g/mol. The molecule has 6 rings (SSSR count).